The van der Waals surface area contributed by atoms with E-state index < -0.39 is 0 Å². The number of hydrogen-bond donors (Lipinski definition) is 1. The molecule has 0 amide bonds. The molecule has 0 spiro atoms. The van der Waals surface area contributed by atoms with Gasteiger partial charge in [-0.2, -0.15) is 0 Å². The molecule has 0 aliphatic heterocycles. The number of benzene rings is 1. The van der Waals surface area contributed by atoms with Gasteiger partial charge in [-0.25, -0.2) is 0 Å². The van der Waals surface area contributed by atoms with Crippen LogP contribution in [0.2, 0.25) is 0 Å². The van der Waals surface area contributed by atoms with E-state index in [1.54, 1.807) is 11.3 Å². The maximum absolute atomic E-state index is 5.52. The first-order valence-corrected chi connectivity index (χ1v) is 6.91. The van der Waals surface area contributed by atoms with E-state index >= 15 is 0 Å². The lowest BCUT2D eigenvalue weighted by molar-refractivity contribution is 0.967. The smallest absolute Gasteiger partial charge is 0.0701 e. The van der Waals surface area contributed by atoms with Crippen molar-refractivity contribution in [2.75, 3.05) is 6.54 Å². The van der Waals surface area contributed by atoms with Crippen LogP contribution in [0.1, 0.15) is 16.0 Å². The largest absolute Gasteiger partial charge is 0.330 e. The van der Waals surface area contributed by atoms with Crippen molar-refractivity contribution in [3.8, 4) is 0 Å². The molecule has 2 aromatic rings. The van der Waals surface area contributed by atoms with Crippen LogP contribution >= 0.6 is 27.3 Å². The molecule has 1 heterocycles. The fraction of sp³-hybridized carbons (Fsp3) is 0.231. The Morgan fingerprint density at radius 2 is 1.69 bits per heavy atom. The SMILES string of the molecule is NCCc1ccc(Cc2ccc(Br)s2)cc1. The maximum Gasteiger partial charge on any atom is 0.0701 e. The summed E-state index contributed by atoms with van der Waals surface area (Å²) in [6.45, 7) is 0.719. The molecule has 84 valence electrons. The van der Waals surface area contributed by atoms with Gasteiger partial charge >= 0.3 is 0 Å². The zero-order valence-electron chi connectivity index (χ0n) is 8.95. The molecule has 0 unspecified atom stereocenters. The molecule has 0 aliphatic carbocycles. The summed E-state index contributed by atoms with van der Waals surface area (Å²) < 4.78 is 1.20. The standard InChI is InChI=1S/C13H14BrNS/c14-13-6-5-12(16-13)9-11-3-1-10(2-4-11)7-8-15/h1-6H,7-9,15H2. The van der Waals surface area contributed by atoms with Gasteiger partial charge in [0.2, 0.25) is 0 Å². The van der Waals surface area contributed by atoms with Crippen LogP contribution < -0.4 is 5.73 Å². The number of halogens is 1. The lowest BCUT2D eigenvalue weighted by Gasteiger charge is -2.01. The van der Waals surface area contributed by atoms with Crippen molar-refractivity contribution in [1.29, 1.82) is 0 Å². The molecule has 1 aromatic carbocycles. The summed E-state index contributed by atoms with van der Waals surface area (Å²) in [5.41, 5.74) is 8.20. The van der Waals surface area contributed by atoms with Crippen LogP contribution in [0.3, 0.4) is 0 Å². The average Bonchev–Trinajstić information content (AvgIpc) is 2.67. The summed E-state index contributed by atoms with van der Waals surface area (Å²) in [5, 5.41) is 0. The maximum atomic E-state index is 5.52. The summed E-state index contributed by atoms with van der Waals surface area (Å²) in [5.74, 6) is 0. The molecule has 0 bridgehead atoms. The van der Waals surface area contributed by atoms with E-state index in [1.165, 1.54) is 19.8 Å². The van der Waals surface area contributed by atoms with Crippen molar-refractivity contribution in [3.05, 3.63) is 56.2 Å². The molecule has 0 aliphatic rings. The quantitative estimate of drug-likeness (QED) is 0.916. The van der Waals surface area contributed by atoms with E-state index in [9.17, 15) is 0 Å². The van der Waals surface area contributed by atoms with Crippen molar-refractivity contribution in [2.45, 2.75) is 12.8 Å². The Kier molecular flexibility index (Phi) is 4.16. The van der Waals surface area contributed by atoms with Gasteiger partial charge in [-0.1, -0.05) is 24.3 Å². The lowest BCUT2D eigenvalue weighted by atomic mass is 10.1. The fourth-order valence-corrected chi connectivity index (χ4v) is 3.16. The van der Waals surface area contributed by atoms with Gasteiger partial charge in [0.15, 0.2) is 0 Å². The van der Waals surface area contributed by atoms with Crippen molar-refractivity contribution in [3.63, 3.8) is 0 Å². The van der Waals surface area contributed by atoms with Gasteiger partial charge in [0, 0.05) is 11.3 Å². The Bertz CT molecular complexity index is 447. The molecule has 16 heavy (non-hydrogen) atoms. The van der Waals surface area contributed by atoms with Crippen molar-refractivity contribution >= 4 is 27.3 Å². The molecule has 2 rings (SSSR count). The van der Waals surface area contributed by atoms with E-state index in [1.807, 2.05) is 0 Å². The van der Waals surface area contributed by atoms with Gasteiger partial charge < -0.3 is 5.73 Å². The molecular formula is C13H14BrNS. The van der Waals surface area contributed by atoms with Crippen LogP contribution in [0.15, 0.2) is 40.2 Å². The summed E-state index contributed by atoms with van der Waals surface area (Å²) in [6, 6.07) is 13.0. The molecule has 0 fully saturated rings. The molecule has 1 aromatic heterocycles. The van der Waals surface area contributed by atoms with Crippen LogP contribution in [0, 0.1) is 0 Å². The third-order valence-corrected chi connectivity index (χ3v) is 4.09. The van der Waals surface area contributed by atoms with Gasteiger partial charge in [0.1, 0.15) is 0 Å². The van der Waals surface area contributed by atoms with Crippen LogP contribution in [-0.4, -0.2) is 6.54 Å². The van der Waals surface area contributed by atoms with Crippen molar-refractivity contribution < 1.29 is 0 Å². The summed E-state index contributed by atoms with van der Waals surface area (Å²) in [6.07, 6.45) is 1.98. The summed E-state index contributed by atoms with van der Waals surface area (Å²) in [7, 11) is 0. The first-order valence-electron chi connectivity index (χ1n) is 5.30. The van der Waals surface area contributed by atoms with Crippen molar-refractivity contribution in [2.24, 2.45) is 5.73 Å². The third kappa shape index (κ3) is 3.17. The second-order valence-corrected chi connectivity index (χ2v) is 6.29. The first-order chi connectivity index (χ1) is 7.78. The minimum Gasteiger partial charge on any atom is -0.330 e. The lowest BCUT2D eigenvalue weighted by Crippen LogP contribution is -2.02. The van der Waals surface area contributed by atoms with E-state index in [4.69, 9.17) is 5.73 Å². The van der Waals surface area contributed by atoms with Gasteiger partial charge in [-0.3, -0.25) is 0 Å². The Morgan fingerprint density at radius 1 is 1.00 bits per heavy atom. The van der Waals surface area contributed by atoms with Gasteiger partial charge in [-0.05, 0) is 52.2 Å². The van der Waals surface area contributed by atoms with E-state index in [0.717, 1.165) is 19.4 Å². The molecule has 1 nitrogen and oxygen atoms in total. The zero-order chi connectivity index (χ0) is 11.4. The Hall–Kier alpha value is -0.640. The number of hydrogen-bond acceptors (Lipinski definition) is 2. The summed E-state index contributed by atoms with van der Waals surface area (Å²) in [4.78, 5) is 1.39. The normalized spacial score (nSPS) is 10.6. The molecular weight excluding hydrogens is 282 g/mol. The second kappa shape index (κ2) is 5.62. The predicted molar refractivity (Wildman–Crippen MR) is 74.0 cm³/mol. The molecule has 2 N–H and O–H groups in total. The van der Waals surface area contributed by atoms with Gasteiger partial charge in [0.05, 0.1) is 3.79 Å². The number of rotatable bonds is 4. The van der Waals surface area contributed by atoms with E-state index in [-0.39, 0.29) is 0 Å². The average molecular weight is 296 g/mol. The van der Waals surface area contributed by atoms with Crippen LogP contribution in [0.25, 0.3) is 0 Å². The van der Waals surface area contributed by atoms with E-state index in [0.29, 0.717) is 0 Å². The monoisotopic (exact) mass is 295 g/mol. The highest BCUT2D eigenvalue weighted by Gasteiger charge is 2.00. The minimum atomic E-state index is 0.719. The first kappa shape index (κ1) is 11.8. The van der Waals surface area contributed by atoms with Crippen LogP contribution in [0.4, 0.5) is 0 Å². The topological polar surface area (TPSA) is 26.0 Å². The van der Waals surface area contributed by atoms with Crippen molar-refractivity contribution in [1.82, 2.24) is 0 Å². The van der Waals surface area contributed by atoms with E-state index in [2.05, 4.69) is 52.3 Å². The highest BCUT2D eigenvalue weighted by molar-refractivity contribution is 9.11. The molecule has 0 radical (unpaired) electrons. The highest BCUT2D eigenvalue weighted by Crippen LogP contribution is 2.24. The van der Waals surface area contributed by atoms with Crippen LogP contribution in [0.5, 0.6) is 0 Å². The molecule has 0 atom stereocenters. The van der Waals surface area contributed by atoms with Gasteiger partial charge in [-0.15, -0.1) is 11.3 Å². The Balaban J connectivity index is 2.05. The summed E-state index contributed by atoms with van der Waals surface area (Å²) >= 11 is 5.28. The number of nitrogens with two attached hydrogens (primary N) is 1. The molecule has 3 heteroatoms. The molecule has 0 saturated carbocycles. The predicted octanol–water partition coefficient (Wildman–Crippen LogP) is 3.60. The molecule has 0 saturated heterocycles. The van der Waals surface area contributed by atoms with Crippen LogP contribution in [-0.2, 0) is 12.8 Å². The fourth-order valence-electron chi connectivity index (χ4n) is 1.64. The third-order valence-electron chi connectivity index (χ3n) is 2.46. The Labute approximate surface area is 108 Å². The second-order valence-electron chi connectivity index (χ2n) is 3.74. The Morgan fingerprint density at radius 3 is 2.25 bits per heavy atom. The number of thiophene rings is 1. The minimum absolute atomic E-state index is 0.719. The zero-order valence-corrected chi connectivity index (χ0v) is 11.4. The van der Waals surface area contributed by atoms with Gasteiger partial charge in [0.25, 0.3) is 0 Å². The highest BCUT2D eigenvalue weighted by atomic mass is 79.9.